The van der Waals surface area contributed by atoms with E-state index in [1.54, 1.807) is 18.2 Å². The number of carbonyl (C=O) groups excluding carboxylic acids is 1. The number of nitrogens with two attached hydrogens (primary N) is 1. The minimum atomic E-state index is -0.864. The van der Waals surface area contributed by atoms with E-state index in [4.69, 9.17) is 10.5 Å². The van der Waals surface area contributed by atoms with Crippen LogP contribution < -0.4 is 15.8 Å². The summed E-state index contributed by atoms with van der Waals surface area (Å²) < 4.78 is 5.03. The minimum Gasteiger partial charge on any atom is -0.497 e. The van der Waals surface area contributed by atoms with Crippen molar-refractivity contribution in [2.75, 3.05) is 19.4 Å². The highest BCUT2D eigenvalue weighted by Crippen LogP contribution is 2.20. The Morgan fingerprint density at radius 2 is 2.05 bits per heavy atom. The van der Waals surface area contributed by atoms with Gasteiger partial charge in [-0.15, -0.1) is 0 Å². The maximum atomic E-state index is 12.0. The highest BCUT2D eigenvalue weighted by molar-refractivity contribution is 5.99. The Hall–Kier alpha value is -1.75. The monoisotopic (exact) mass is 266 g/mol. The van der Waals surface area contributed by atoms with Crippen LogP contribution in [-0.4, -0.2) is 30.3 Å². The van der Waals surface area contributed by atoms with Crippen LogP contribution in [0.2, 0.25) is 0 Å². The van der Waals surface area contributed by atoms with Crippen LogP contribution in [0.4, 0.5) is 5.69 Å². The molecule has 19 heavy (non-hydrogen) atoms. The molecule has 5 heteroatoms. The fourth-order valence-electron chi connectivity index (χ4n) is 1.71. The van der Waals surface area contributed by atoms with Crippen molar-refractivity contribution in [2.45, 2.75) is 32.3 Å². The SMILES string of the molecule is CCC(O)(CC)CNC(=O)c1ccc(OC)cc1N. The summed E-state index contributed by atoms with van der Waals surface area (Å²) in [5, 5.41) is 12.8. The second kappa shape index (κ2) is 6.43. The zero-order valence-electron chi connectivity index (χ0n) is 11.7. The fraction of sp³-hybridized carbons (Fsp3) is 0.500. The summed E-state index contributed by atoms with van der Waals surface area (Å²) in [7, 11) is 1.54. The van der Waals surface area contributed by atoms with Crippen LogP contribution in [0.25, 0.3) is 0 Å². The molecule has 0 bridgehead atoms. The topological polar surface area (TPSA) is 84.6 Å². The lowest BCUT2D eigenvalue weighted by atomic mass is 9.97. The fourth-order valence-corrected chi connectivity index (χ4v) is 1.71. The molecule has 0 aromatic heterocycles. The van der Waals surface area contributed by atoms with Gasteiger partial charge in [0.05, 0.1) is 18.3 Å². The van der Waals surface area contributed by atoms with Gasteiger partial charge in [-0.05, 0) is 25.0 Å². The first-order valence-corrected chi connectivity index (χ1v) is 6.40. The summed E-state index contributed by atoms with van der Waals surface area (Å²) in [5.74, 6) is 0.313. The maximum Gasteiger partial charge on any atom is 0.253 e. The van der Waals surface area contributed by atoms with E-state index < -0.39 is 5.60 Å². The number of amides is 1. The molecule has 5 nitrogen and oxygen atoms in total. The molecule has 106 valence electrons. The molecule has 0 saturated heterocycles. The molecule has 0 radical (unpaired) electrons. The first-order chi connectivity index (χ1) is 8.95. The first kappa shape index (κ1) is 15.3. The lowest BCUT2D eigenvalue weighted by molar-refractivity contribution is 0.0314. The zero-order valence-corrected chi connectivity index (χ0v) is 11.7. The largest absolute Gasteiger partial charge is 0.497 e. The Bertz CT molecular complexity index is 442. The number of carbonyl (C=O) groups is 1. The van der Waals surface area contributed by atoms with Gasteiger partial charge in [-0.2, -0.15) is 0 Å². The van der Waals surface area contributed by atoms with E-state index in [0.717, 1.165) is 0 Å². The lowest BCUT2D eigenvalue weighted by Crippen LogP contribution is -2.42. The van der Waals surface area contributed by atoms with Gasteiger partial charge in [0.25, 0.3) is 5.91 Å². The molecule has 0 unspecified atom stereocenters. The van der Waals surface area contributed by atoms with Gasteiger partial charge < -0.3 is 20.9 Å². The van der Waals surface area contributed by atoms with Crippen LogP contribution in [0.1, 0.15) is 37.0 Å². The third-order valence-electron chi connectivity index (χ3n) is 3.40. The van der Waals surface area contributed by atoms with Crippen LogP contribution in [0, 0.1) is 0 Å². The quantitative estimate of drug-likeness (QED) is 0.682. The molecule has 4 N–H and O–H groups in total. The average molecular weight is 266 g/mol. The molecule has 0 aliphatic rings. The Morgan fingerprint density at radius 3 is 2.53 bits per heavy atom. The van der Waals surface area contributed by atoms with Crippen molar-refractivity contribution >= 4 is 11.6 Å². The van der Waals surface area contributed by atoms with Crippen molar-refractivity contribution in [1.29, 1.82) is 0 Å². The van der Waals surface area contributed by atoms with E-state index in [2.05, 4.69) is 5.32 Å². The van der Waals surface area contributed by atoms with E-state index in [1.165, 1.54) is 7.11 Å². The average Bonchev–Trinajstić information content (AvgIpc) is 2.44. The van der Waals surface area contributed by atoms with Crippen LogP contribution in [0.5, 0.6) is 5.75 Å². The molecule has 0 saturated carbocycles. The third kappa shape index (κ3) is 3.86. The Labute approximate surface area is 113 Å². The highest BCUT2D eigenvalue weighted by Gasteiger charge is 2.23. The summed E-state index contributed by atoms with van der Waals surface area (Å²) in [6.07, 6.45) is 1.17. The van der Waals surface area contributed by atoms with E-state index in [1.807, 2.05) is 13.8 Å². The number of methoxy groups -OCH3 is 1. The molecule has 0 aliphatic carbocycles. The molecule has 0 heterocycles. The predicted molar refractivity (Wildman–Crippen MR) is 75.3 cm³/mol. The Morgan fingerprint density at radius 1 is 1.42 bits per heavy atom. The molecular weight excluding hydrogens is 244 g/mol. The Kier molecular flexibility index (Phi) is 5.18. The molecule has 1 aromatic carbocycles. The smallest absolute Gasteiger partial charge is 0.253 e. The van der Waals surface area contributed by atoms with Crippen molar-refractivity contribution in [1.82, 2.24) is 5.32 Å². The molecule has 0 spiro atoms. The van der Waals surface area contributed by atoms with Crippen LogP contribution in [0.3, 0.4) is 0 Å². The van der Waals surface area contributed by atoms with E-state index in [9.17, 15) is 9.90 Å². The maximum absolute atomic E-state index is 12.0. The number of rotatable bonds is 6. The molecular formula is C14H22N2O3. The first-order valence-electron chi connectivity index (χ1n) is 6.40. The van der Waals surface area contributed by atoms with Crippen molar-refractivity contribution < 1.29 is 14.6 Å². The number of benzene rings is 1. The highest BCUT2D eigenvalue weighted by atomic mass is 16.5. The van der Waals surface area contributed by atoms with Crippen LogP contribution >= 0.6 is 0 Å². The van der Waals surface area contributed by atoms with Gasteiger partial charge in [0.2, 0.25) is 0 Å². The summed E-state index contributed by atoms with van der Waals surface area (Å²) in [4.78, 5) is 12.0. The van der Waals surface area contributed by atoms with Gasteiger partial charge in [0, 0.05) is 18.3 Å². The van der Waals surface area contributed by atoms with Crippen molar-refractivity contribution in [2.24, 2.45) is 0 Å². The zero-order chi connectivity index (χ0) is 14.5. The van der Waals surface area contributed by atoms with E-state index in [-0.39, 0.29) is 12.5 Å². The molecule has 0 atom stereocenters. The van der Waals surface area contributed by atoms with Crippen LogP contribution in [-0.2, 0) is 0 Å². The van der Waals surface area contributed by atoms with Crippen molar-refractivity contribution in [3.05, 3.63) is 23.8 Å². The van der Waals surface area contributed by atoms with E-state index in [0.29, 0.717) is 29.8 Å². The number of ether oxygens (including phenoxy) is 1. The molecule has 1 rings (SSSR count). The van der Waals surface area contributed by atoms with Crippen LogP contribution in [0.15, 0.2) is 18.2 Å². The minimum absolute atomic E-state index is 0.213. The Balaban J connectivity index is 2.74. The summed E-state index contributed by atoms with van der Waals surface area (Å²) in [5.41, 5.74) is 5.67. The standard InChI is InChI=1S/C14H22N2O3/c1-4-14(18,5-2)9-16-13(17)11-7-6-10(19-3)8-12(11)15/h6-8,18H,4-5,9,15H2,1-3H3,(H,16,17). The normalized spacial score (nSPS) is 11.2. The van der Waals surface area contributed by atoms with Gasteiger partial charge in [0.15, 0.2) is 0 Å². The van der Waals surface area contributed by atoms with E-state index >= 15 is 0 Å². The molecule has 0 fully saturated rings. The van der Waals surface area contributed by atoms with Gasteiger partial charge in [-0.3, -0.25) is 4.79 Å². The summed E-state index contributed by atoms with van der Waals surface area (Å²) >= 11 is 0. The number of nitrogens with one attached hydrogen (secondary N) is 1. The lowest BCUT2D eigenvalue weighted by Gasteiger charge is -2.25. The van der Waals surface area contributed by atoms with Gasteiger partial charge >= 0.3 is 0 Å². The van der Waals surface area contributed by atoms with Gasteiger partial charge in [-0.25, -0.2) is 0 Å². The number of hydrogen-bond donors (Lipinski definition) is 3. The second-order valence-electron chi connectivity index (χ2n) is 4.57. The number of anilines is 1. The summed E-state index contributed by atoms with van der Waals surface area (Å²) in [6, 6.07) is 4.89. The predicted octanol–water partition coefficient (Wildman–Crippen LogP) is 1.56. The molecule has 0 aliphatic heterocycles. The molecule has 1 amide bonds. The number of nitrogen functional groups attached to an aromatic ring is 1. The van der Waals surface area contributed by atoms with Crippen molar-refractivity contribution in [3.63, 3.8) is 0 Å². The number of hydrogen-bond acceptors (Lipinski definition) is 4. The second-order valence-corrected chi connectivity index (χ2v) is 4.57. The van der Waals surface area contributed by atoms with Gasteiger partial charge in [-0.1, -0.05) is 13.8 Å². The molecule has 1 aromatic rings. The third-order valence-corrected chi connectivity index (χ3v) is 3.40. The van der Waals surface area contributed by atoms with Gasteiger partial charge in [0.1, 0.15) is 5.75 Å². The number of aliphatic hydroxyl groups is 1. The summed E-state index contributed by atoms with van der Waals surface area (Å²) in [6.45, 7) is 3.99. The van der Waals surface area contributed by atoms with Crippen molar-refractivity contribution in [3.8, 4) is 5.75 Å².